The lowest BCUT2D eigenvalue weighted by molar-refractivity contribution is 0.0746. The maximum atomic E-state index is 12.8. The molecule has 0 saturated carbocycles. The lowest BCUT2D eigenvalue weighted by Crippen LogP contribution is -2.49. The van der Waals surface area contributed by atoms with Crippen molar-refractivity contribution >= 4 is 52.3 Å². The van der Waals surface area contributed by atoms with Gasteiger partial charge in [0.2, 0.25) is 0 Å². The van der Waals surface area contributed by atoms with Gasteiger partial charge in [-0.15, -0.1) is 0 Å². The first-order valence-electron chi connectivity index (χ1n) is 10.9. The number of carbonyl (C=O) groups excluding carboxylic acids is 2. The largest absolute Gasteiger partial charge is 0.367 e. The molecule has 2 amide bonds. The molecule has 4 rings (SSSR count). The Kier molecular flexibility index (Phi) is 7.36. The Morgan fingerprint density at radius 1 is 0.735 bits per heavy atom. The van der Waals surface area contributed by atoms with E-state index in [1.165, 1.54) is 4.90 Å². The second-order valence-electron chi connectivity index (χ2n) is 8.32. The van der Waals surface area contributed by atoms with E-state index in [1.54, 1.807) is 38.4 Å². The van der Waals surface area contributed by atoms with Gasteiger partial charge in [-0.05, 0) is 47.5 Å². The Balaban J connectivity index is 1.46. The van der Waals surface area contributed by atoms with Gasteiger partial charge in [0, 0.05) is 40.3 Å². The van der Waals surface area contributed by atoms with E-state index in [2.05, 4.69) is 4.90 Å². The van der Waals surface area contributed by atoms with Crippen LogP contribution in [0.1, 0.15) is 20.7 Å². The summed E-state index contributed by atoms with van der Waals surface area (Å²) >= 11 is 19.2. The van der Waals surface area contributed by atoms with E-state index in [0.29, 0.717) is 52.4 Å². The lowest BCUT2D eigenvalue weighted by Gasteiger charge is -2.36. The maximum Gasteiger partial charge on any atom is 0.255 e. The Morgan fingerprint density at radius 3 is 1.94 bits per heavy atom. The lowest BCUT2D eigenvalue weighted by atomic mass is 10.0. The predicted molar refractivity (Wildman–Crippen MR) is 139 cm³/mol. The smallest absolute Gasteiger partial charge is 0.255 e. The highest BCUT2D eigenvalue weighted by Gasteiger charge is 2.24. The van der Waals surface area contributed by atoms with E-state index in [-0.39, 0.29) is 11.8 Å². The first kappa shape index (κ1) is 24.4. The molecule has 0 atom stereocenters. The molecular formula is C26H24Cl3N3O2. The molecule has 0 N–H and O–H groups in total. The third-order valence-electron chi connectivity index (χ3n) is 5.90. The minimum absolute atomic E-state index is 0.0558. The zero-order valence-corrected chi connectivity index (χ0v) is 21.2. The first-order chi connectivity index (χ1) is 16.3. The average Bonchev–Trinajstić information content (AvgIpc) is 2.83. The molecule has 1 heterocycles. The second-order valence-corrected chi connectivity index (χ2v) is 9.54. The number of benzene rings is 3. The van der Waals surface area contributed by atoms with Gasteiger partial charge in [-0.25, -0.2) is 0 Å². The molecule has 5 nitrogen and oxygen atoms in total. The predicted octanol–water partition coefficient (Wildman–Crippen LogP) is 5.98. The van der Waals surface area contributed by atoms with Crippen molar-refractivity contribution in [1.82, 2.24) is 9.80 Å². The molecule has 0 spiro atoms. The summed E-state index contributed by atoms with van der Waals surface area (Å²) in [5.41, 5.74) is 3.69. The van der Waals surface area contributed by atoms with Crippen LogP contribution in [-0.4, -0.2) is 61.9 Å². The van der Waals surface area contributed by atoms with Crippen LogP contribution >= 0.6 is 34.8 Å². The highest BCUT2D eigenvalue weighted by molar-refractivity contribution is 6.35. The van der Waals surface area contributed by atoms with E-state index >= 15 is 0 Å². The monoisotopic (exact) mass is 515 g/mol. The third-order valence-corrected chi connectivity index (χ3v) is 6.84. The molecule has 176 valence electrons. The zero-order valence-electron chi connectivity index (χ0n) is 18.9. The number of piperazine rings is 1. The first-order valence-corrected chi connectivity index (χ1v) is 12.0. The van der Waals surface area contributed by atoms with Gasteiger partial charge in [-0.3, -0.25) is 9.59 Å². The van der Waals surface area contributed by atoms with E-state index in [0.717, 1.165) is 16.8 Å². The summed E-state index contributed by atoms with van der Waals surface area (Å²) in [5, 5.41) is 1.48. The van der Waals surface area contributed by atoms with Crippen molar-refractivity contribution in [3.63, 3.8) is 0 Å². The molecule has 3 aromatic rings. The van der Waals surface area contributed by atoms with Crippen LogP contribution in [0.5, 0.6) is 0 Å². The molecule has 34 heavy (non-hydrogen) atoms. The van der Waals surface area contributed by atoms with Crippen LogP contribution in [0.2, 0.25) is 15.1 Å². The molecule has 8 heteroatoms. The average molecular weight is 517 g/mol. The van der Waals surface area contributed by atoms with Gasteiger partial charge in [-0.1, -0.05) is 59.1 Å². The van der Waals surface area contributed by atoms with Gasteiger partial charge < -0.3 is 14.7 Å². The molecule has 1 aliphatic heterocycles. The van der Waals surface area contributed by atoms with Crippen molar-refractivity contribution in [2.75, 3.05) is 45.2 Å². The molecule has 0 bridgehead atoms. The van der Waals surface area contributed by atoms with E-state index in [4.69, 9.17) is 34.8 Å². The fourth-order valence-corrected chi connectivity index (χ4v) is 4.79. The van der Waals surface area contributed by atoms with Crippen molar-refractivity contribution < 1.29 is 9.59 Å². The molecule has 1 aliphatic rings. The van der Waals surface area contributed by atoms with Gasteiger partial charge in [0.1, 0.15) is 0 Å². The van der Waals surface area contributed by atoms with E-state index in [1.807, 2.05) is 41.3 Å². The summed E-state index contributed by atoms with van der Waals surface area (Å²) in [5.74, 6) is -0.197. The highest BCUT2D eigenvalue weighted by Crippen LogP contribution is 2.33. The summed E-state index contributed by atoms with van der Waals surface area (Å²) in [7, 11) is 3.38. The zero-order chi connectivity index (χ0) is 24.4. The van der Waals surface area contributed by atoms with Gasteiger partial charge in [0.15, 0.2) is 0 Å². The standard InChI is InChI=1S/C26H24Cl3N3O2/c1-30(2)25(33)20-9-7-17(15-22(20)28)18-8-10-24(23(29)16-18)31-11-13-32(14-12-31)26(34)19-5-3-4-6-21(19)27/h3-10,15-16H,11-14H2,1-2H3. The minimum Gasteiger partial charge on any atom is -0.367 e. The summed E-state index contributed by atoms with van der Waals surface area (Å²) < 4.78 is 0. The molecule has 0 aliphatic carbocycles. The maximum absolute atomic E-state index is 12.8. The minimum atomic E-state index is -0.142. The number of rotatable bonds is 4. The van der Waals surface area contributed by atoms with Gasteiger partial charge in [0.25, 0.3) is 11.8 Å². The number of hydrogen-bond donors (Lipinski definition) is 0. The fraction of sp³-hybridized carbons (Fsp3) is 0.231. The normalized spacial score (nSPS) is 13.7. The van der Waals surface area contributed by atoms with Crippen molar-refractivity contribution in [3.8, 4) is 11.1 Å². The molecule has 1 fully saturated rings. The number of nitrogens with zero attached hydrogens (tertiary/aromatic N) is 3. The number of halogens is 3. The number of anilines is 1. The SMILES string of the molecule is CN(C)C(=O)c1ccc(-c2ccc(N3CCN(C(=O)c4ccccc4Cl)CC3)c(Cl)c2)cc1Cl. The molecule has 3 aromatic carbocycles. The van der Waals surface area contributed by atoms with Crippen molar-refractivity contribution in [3.05, 3.63) is 86.9 Å². The van der Waals surface area contributed by atoms with Crippen LogP contribution in [0.4, 0.5) is 5.69 Å². The van der Waals surface area contributed by atoms with Gasteiger partial charge in [-0.2, -0.15) is 0 Å². The number of amides is 2. The summed E-state index contributed by atoms with van der Waals surface area (Å²) in [4.78, 5) is 30.5. The van der Waals surface area contributed by atoms with Crippen molar-refractivity contribution in [2.45, 2.75) is 0 Å². The molecule has 1 saturated heterocycles. The van der Waals surface area contributed by atoms with Gasteiger partial charge in [0.05, 0.1) is 31.9 Å². The van der Waals surface area contributed by atoms with Crippen LogP contribution in [0.15, 0.2) is 60.7 Å². The molecule has 0 radical (unpaired) electrons. The van der Waals surface area contributed by atoms with Crippen LogP contribution in [0.25, 0.3) is 11.1 Å². The summed E-state index contributed by atoms with van der Waals surface area (Å²) in [6, 6.07) is 18.4. The Morgan fingerprint density at radius 2 is 1.35 bits per heavy atom. The van der Waals surface area contributed by atoms with Crippen LogP contribution < -0.4 is 4.90 Å². The van der Waals surface area contributed by atoms with Crippen LogP contribution in [0, 0.1) is 0 Å². The second kappa shape index (κ2) is 10.3. The fourth-order valence-electron chi connectivity index (χ4n) is 4.01. The third kappa shape index (κ3) is 5.02. The Labute approximate surface area is 214 Å². The van der Waals surface area contributed by atoms with Crippen molar-refractivity contribution in [1.29, 1.82) is 0 Å². The number of carbonyl (C=O) groups is 2. The highest BCUT2D eigenvalue weighted by atomic mass is 35.5. The molecule has 0 aromatic heterocycles. The summed E-state index contributed by atoms with van der Waals surface area (Å²) in [6.45, 7) is 2.50. The molecular weight excluding hydrogens is 493 g/mol. The topological polar surface area (TPSA) is 43.9 Å². The van der Waals surface area contributed by atoms with Crippen molar-refractivity contribution in [2.24, 2.45) is 0 Å². The molecule has 0 unspecified atom stereocenters. The Hall–Kier alpha value is -2.73. The van der Waals surface area contributed by atoms with Gasteiger partial charge >= 0.3 is 0 Å². The number of hydrogen-bond acceptors (Lipinski definition) is 3. The van der Waals surface area contributed by atoms with Crippen LogP contribution in [-0.2, 0) is 0 Å². The quantitative estimate of drug-likeness (QED) is 0.429. The van der Waals surface area contributed by atoms with Crippen LogP contribution in [0.3, 0.4) is 0 Å². The Bertz CT molecular complexity index is 1240. The van der Waals surface area contributed by atoms with E-state index < -0.39 is 0 Å². The summed E-state index contributed by atoms with van der Waals surface area (Å²) in [6.07, 6.45) is 0. The van der Waals surface area contributed by atoms with E-state index in [9.17, 15) is 9.59 Å².